The monoisotopic (exact) mass is 169 g/mol. The van der Waals surface area contributed by atoms with Gasteiger partial charge in [-0.05, 0) is 0 Å². The Bertz CT molecular complexity index is 82.3. The van der Waals surface area contributed by atoms with Crippen LogP contribution in [-0.4, -0.2) is 55.1 Å². The van der Waals surface area contributed by atoms with Crippen LogP contribution in [0.2, 0.25) is 0 Å². The van der Waals surface area contributed by atoms with Crippen LogP contribution in [0.4, 0.5) is 0 Å². The molecule has 64 valence electrons. The summed E-state index contributed by atoms with van der Waals surface area (Å²) in [5.41, 5.74) is 0. The Labute approximate surface area is 68.3 Å². The van der Waals surface area contributed by atoms with E-state index in [9.17, 15) is 0 Å². The average Bonchev–Trinajstić information content (AvgIpc) is 1.62. The van der Waals surface area contributed by atoms with E-state index in [0.717, 1.165) is 0 Å². The fourth-order valence-corrected chi connectivity index (χ4v) is 0.690. The average molecular weight is 170 g/mol. The van der Waals surface area contributed by atoms with Crippen LogP contribution in [-0.2, 0) is 0 Å². The summed E-state index contributed by atoms with van der Waals surface area (Å²) < 4.78 is 0.682. The second kappa shape index (κ2) is 4.91. The third kappa shape index (κ3) is 8.17. The summed E-state index contributed by atoms with van der Waals surface area (Å²) in [6, 6.07) is 0. The van der Waals surface area contributed by atoms with Gasteiger partial charge in [0.25, 0.3) is 0 Å². The SMILES string of the molecule is C[N+](C)(C)C[C@@H](O)CO.[Cl-]. The Morgan fingerprint density at radius 3 is 1.80 bits per heavy atom. The van der Waals surface area contributed by atoms with E-state index >= 15 is 0 Å². The molecule has 0 rings (SSSR count). The summed E-state index contributed by atoms with van der Waals surface area (Å²) in [6.45, 7) is 0.450. The molecule has 0 aromatic rings. The molecule has 0 saturated carbocycles. The number of likely N-dealkylation sites (N-methyl/N-ethyl adjacent to an activating group) is 1. The van der Waals surface area contributed by atoms with Crippen LogP contribution in [0.25, 0.3) is 0 Å². The number of aliphatic hydroxyl groups excluding tert-OH is 2. The summed E-state index contributed by atoms with van der Waals surface area (Å²) in [5, 5.41) is 17.4. The first-order valence-corrected chi connectivity index (χ1v) is 3.05. The van der Waals surface area contributed by atoms with Crippen LogP contribution in [0.1, 0.15) is 0 Å². The first-order chi connectivity index (χ1) is 3.95. The maximum Gasteiger partial charge on any atom is 0.126 e. The number of rotatable bonds is 3. The van der Waals surface area contributed by atoms with Crippen LogP contribution in [0.15, 0.2) is 0 Å². The molecule has 0 radical (unpaired) electrons. The molecule has 0 amide bonds. The number of halogens is 1. The summed E-state index contributed by atoms with van der Waals surface area (Å²) in [4.78, 5) is 0. The van der Waals surface area contributed by atoms with E-state index in [-0.39, 0.29) is 19.0 Å². The third-order valence-corrected chi connectivity index (χ3v) is 0.969. The number of hydrogen-bond donors (Lipinski definition) is 2. The summed E-state index contributed by atoms with van der Waals surface area (Å²) in [5.74, 6) is 0. The number of nitrogens with zero attached hydrogens (tertiary/aromatic N) is 1. The molecule has 0 bridgehead atoms. The van der Waals surface area contributed by atoms with Crippen molar-refractivity contribution in [2.24, 2.45) is 0 Å². The Hall–Kier alpha value is 0.170. The lowest BCUT2D eigenvalue weighted by Gasteiger charge is -2.25. The van der Waals surface area contributed by atoms with Crippen LogP contribution < -0.4 is 12.4 Å². The molecule has 2 N–H and O–H groups in total. The van der Waals surface area contributed by atoms with Crippen LogP contribution in [0.5, 0.6) is 0 Å². The van der Waals surface area contributed by atoms with Gasteiger partial charge in [0.1, 0.15) is 12.6 Å². The molecular formula is C6H16ClNO2. The zero-order valence-corrected chi connectivity index (χ0v) is 7.47. The Morgan fingerprint density at radius 2 is 1.70 bits per heavy atom. The van der Waals surface area contributed by atoms with Gasteiger partial charge in [0.15, 0.2) is 0 Å². The summed E-state index contributed by atoms with van der Waals surface area (Å²) >= 11 is 0. The zero-order valence-electron chi connectivity index (χ0n) is 6.71. The first-order valence-electron chi connectivity index (χ1n) is 3.05. The molecule has 0 aliphatic heterocycles. The number of hydrogen-bond acceptors (Lipinski definition) is 2. The normalized spacial score (nSPS) is 14.1. The van der Waals surface area contributed by atoms with E-state index in [1.165, 1.54) is 0 Å². The zero-order chi connectivity index (χ0) is 7.49. The Balaban J connectivity index is 0. The van der Waals surface area contributed by atoms with Crippen LogP contribution in [0.3, 0.4) is 0 Å². The van der Waals surface area contributed by atoms with E-state index in [1.54, 1.807) is 0 Å². The highest BCUT2D eigenvalue weighted by molar-refractivity contribution is 4.47. The molecule has 0 unspecified atom stereocenters. The van der Waals surface area contributed by atoms with Gasteiger partial charge in [-0.3, -0.25) is 0 Å². The molecule has 0 heterocycles. The standard InChI is InChI=1S/C6H16NO2.ClH/c1-7(2,3)4-6(9)5-8;/h6,8-9H,4-5H2,1-3H3;1H/q+1;/p-1/t6-;/m1./s1. The van der Waals surface area contributed by atoms with E-state index < -0.39 is 6.10 Å². The molecule has 0 saturated heterocycles. The lowest BCUT2D eigenvalue weighted by molar-refractivity contribution is -0.873. The van der Waals surface area contributed by atoms with Crippen molar-refractivity contribution in [1.29, 1.82) is 0 Å². The van der Waals surface area contributed by atoms with Gasteiger partial charge < -0.3 is 27.1 Å². The fourth-order valence-electron chi connectivity index (χ4n) is 0.690. The Kier molecular flexibility index (Phi) is 6.29. The molecule has 10 heavy (non-hydrogen) atoms. The van der Waals surface area contributed by atoms with Crippen molar-refractivity contribution in [2.75, 3.05) is 34.3 Å². The molecular weight excluding hydrogens is 154 g/mol. The van der Waals surface area contributed by atoms with E-state index in [1.807, 2.05) is 21.1 Å². The topological polar surface area (TPSA) is 40.5 Å². The minimum atomic E-state index is -0.579. The molecule has 0 aromatic heterocycles. The highest BCUT2D eigenvalue weighted by Crippen LogP contribution is 1.92. The van der Waals surface area contributed by atoms with Crippen LogP contribution in [0, 0.1) is 0 Å². The van der Waals surface area contributed by atoms with Gasteiger partial charge in [0, 0.05) is 0 Å². The molecule has 0 aliphatic rings. The van der Waals surface area contributed by atoms with Crippen LogP contribution >= 0.6 is 0 Å². The second-order valence-electron chi connectivity index (χ2n) is 3.31. The molecule has 0 fully saturated rings. The fraction of sp³-hybridized carbons (Fsp3) is 1.00. The molecule has 3 nitrogen and oxygen atoms in total. The number of quaternary nitrogens is 1. The van der Waals surface area contributed by atoms with Gasteiger partial charge in [-0.1, -0.05) is 0 Å². The quantitative estimate of drug-likeness (QED) is 0.424. The highest BCUT2D eigenvalue weighted by atomic mass is 35.5. The first kappa shape index (κ1) is 12.8. The largest absolute Gasteiger partial charge is 1.00 e. The second-order valence-corrected chi connectivity index (χ2v) is 3.31. The van der Waals surface area contributed by atoms with Gasteiger partial charge in [-0.15, -0.1) is 0 Å². The maximum absolute atomic E-state index is 8.93. The van der Waals surface area contributed by atoms with Gasteiger partial charge in [-0.2, -0.15) is 0 Å². The predicted molar refractivity (Wildman–Crippen MR) is 36.0 cm³/mol. The van der Waals surface area contributed by atoms with Crippen molar-refractivity contribution in [2.45, 2.75) is 6.10 Å². The van der Waals surface area contributed by atoms with Gasteiger partial charge >= 0.3 is 0 Å². The lowest BCUT2D eigenvalue weighted by Crippen LogP contribution is -3.00. The highest BCUT2D eigenvalue weighted by Gasteiger charge is 2.13. The molecule has 0 spiro atoms. The molecule has 1 atom stereocenters. The van der Waals surface area contributed by atoms with E-state index in [2.05, 4.69) is 0 Å². The van der Waals surface area contributed by atoms with Gasteiger partial charge in [-0.25, -0.2) is 0 Å². The summed E-state index contributed by atoms with van der Waals surface area (Å²) in [7, 11) is 5.91. The van der Waals surface area contributed by atoms with Gasteiger partial charge in [0.2, 0.25) is 0 Å². The lowest BCUT2D eigenvalue weighted by atomic mass is 10.3. The van der Waals surface area contributed by atoms with Crippen molar-refractivity contribution in [3.05, 3.63) is 0 Å². The van der Waals surface area contributed by atoms with E-state index in [0.29, 0.717) is 11.0 Å². The molecule has 0 aliphatic carbocycles. The minimum Gasteiger partial charge on any atom is -1.00 e. The summed E-state index contributed by atoms with van der Waals surface area (Å²) in [6.07, 6.45) is -0.579. The molecule has 0 aromatic carbocycles. The predicted octanol–water partition coefficient (Wildman–Crippen LogP) is -3.95. The Morgan fingerprint density at radius 1 is 1.30 bits per heavy atom. The van der Waals surface area contributed by atoms with E-state index in [4.69, 9.17) is 10.2 Å². The smallest absolute Gasteiger partial charge is 0.126 e. The van der Waals surface area contributed by atoms with Crippen molar-refractivity contribution >= 4 is 0 Å². The van der Waals surface area contributed by atoms with Crippen molar-refractivity contribution in [3.8, 4) is 0 Å². The van der Waals surface area contributed by atoms with Crippen molar-refractivity contribution < 1.29 is 27.1 Å². The minimum absolute atomic E-state index is 0. The van der Waals surface area contributed by atoms with Crippen molar-refractivity contribution in [1.82, 2.24) is 0 Å². The van der Waals surface area contributed by atoms with Gasteiger partial charge in [0.05, 0.1) is 27.7 Å². The number of aliphatic hydroxyl groups is 2. The molecule has 4 heteroatoms. The third-order valence-electron chi connectivity index (χ3n) is 0.969. The maximum atomic E-state index is 8.93. The van der Waals surface area contributed by atoms with Crippen molar-refractivity contribution in [3.63, 3.8) is 0 Å².